The smallest absolute Gasteiger partial charge is 0.273 e. The van der Waals surface area contributed by atoms with Crippen molar-refractivity contribution in [3.8, 4) is 5.75 Å². The summed E-state index contributed by atoms with van der Waals surface area (Å²) in [7, 11) is 0. The van der Waals surface area contributed by atoms with Crippen molar-refractivity contribution in [1.82, 2.24) is 25.3 Å². The molecule has 4 rings (SSSR count). The third-order valence-corrected chi connectivity index (χ3v) is 4.84. The minimum atomic E-state index is -0.340. The molecule has 0 fully saturated rings. The van der Waals surface area contributed by atoms with Crippen LogP contribution in [0.3, 0.4) is 0 Å². The lowest BCUT2D eigenvalue weighted by molar-refractivity contribution is 0.0933. The van der Waals surface area contributed by atoms with Crippen LogP contribution in [0.1, 0.15) is 40.2 Å². The van der Waals surface area contributed by atoms with Crippen LogP contribution in [0, 0.1) is 6.92 Å². The van der Waals surface area contributed by atoms with E-state index in [4.69, 9.17) is 9.15 Å². The van der Waals surface area contributed by atoms with Gasteiger partial charge in [0.05, 0.1) is 21.3 Å². The van der Waals surface area contributed by atoms with Crippen LogP contribution in [0.15, 0.2) is 41.3 Å². The Kier molecular flexibility index (Phi) is 4.59. The first-order chi connectivity index (χ1) is 13.1. The maximum atomic E-state index is 12.3. The zero-order chi connectivity index (χ0) is 18.8. The maximum Gasteiger partial charge on any atom is 0.273 e. The van der Waals surface area contributed by atoms with Gasteiger partial charge in [-0.2, -0.15) is 0 Å². The van der Waals surface area contributed by atoms with Crippen LogP contribution >= 0.6 is 11.3 Å². The number of rotatable bonds is 6. The standard InChI is InChI=1S/C18H17N5O3S/c1-10(17-19-5-6-20-17)21-18(24)14-8-26-16(23-14)9-25-12-3-4-15-13(7-12)22-11(2)27-15/h3-8,10H,9H2,1-2H3,(H,19,20)(H,21,24)/t10-/m1/s1. The number of nitrogens with zero attached hydrogens (tertiary/aromatic N) is 3. The van der Waals surface area contributed by atoms with E-state index in [0.29, 0.717) is 17.5 Å². The summed E-state index contributed by atoms with van der Waals surface area (Å²) in [5.41, 5.74) is 1.09. The van der Waals surface area contributed by atoms with E-state index >= 15 is 0 Å². The highest BCUT2D eigenvalue weighted by Gasteiger charge is 2.17. The van der Waals surface area contributed by atoms with E-state index in [1.165, 1.54) is 6.26 Å². The number of hydrogen-bond donors (Lipinski definition) is 2. The highest BCUT2D eigenvalue weighted by atomic mass is 32.1. The number of benzene rings is 1. The molecule has 0 bridgehead atoms. The predicted octanol–water partition coefficient (Wildman–Crippen LogP) is 3.39. The average molecular weight is 383 g/mol. The molecule has 3 heterocycles. The van der Waals surface area contributed by atoms with E-state index in [1.807, 2.05) is 32.0 Å². The molecule has 9 heteroatoms. The van der Waals surface area contributed by atoms with Gasteiger partial charge in [0.15, 0.2) is 12.3 Å². The molecule has 3 aromatic heterocycles. The Morgan fingerprint density at radius 2 is 2.30 bits per heavy atom. The Balaban J connectivity index is 1.37. The van der Waals surface area contributed by atoms with E-state index in [1.54, 1.807) is 23.7 Å². The fourth-order valence-corrected chi connectivity index (χ4v) is 3.40. The number of ether oxygens (including phenoxy) is 1. The second-order valence-electron chi connectivity index (χ2n) is 5.95. The van der Waals surface area contributed by atoms with Crippen molar-refractivity contribution >= 4 is 27.5 Å². The number of thiazole rings is 1. The normalized spacial score (nSPS) is 12.2. The summed E-state index contributed by atoms with van der Waals surface area (Å²) in [4.78, 5) is 28.0. The molecular formula is C18H17N5O3S. The number of nitrogens with one attached hydrogen (secondary N) is 2. The van der Waals surface area contributed by atoms with E-state index in [-0.39, 0.29) is 24.2 Å². The van der Waals surface area contributed by atoms with Gasteiger partial charge in [-0.25, -0.2) is 15.0 Å². The Bertz CT molecular complexity index is 1070. The molecule has 27 heavy (non-hydrogen) atoms. The van der Waals surface area contributed by atoms with Crippen LogP contribution in [0.5, 0.6) is 5.75 Å². The fourth-order valence-electron chi connectivity index (χ4n) is 2.59. The summed E-state index contributed by atoms with van der Waals surface area (Å²) in [6.07, 6.45) is 4.65. The van der Waals surface area contributed by atoms with Gasteiger partial charge in [0.1, 0.15) is 17.8 Å². The number of fused-ring (bicyclic) bond motifs is 1. The largest absolute Gasteiger partial charge is 0.484 e. The van der Waals surface area contributed by atoms with Crippen molar-refractivity contribution < 1.29 is 13.9 Å². The highest BCUT2D eigenvalue weighted by Crippen LogP contribution is 2.26. The molecule has 0 saturated heterocycles. The second-order valence-corrected chi connectivity index (χ2v) is 7.18. The van der Waals surface area contributed by atoms with Crippen molar-refractivity contribution in [2.24, 2.45) is 0 Å². The van der Waals surface area contributed by atoms with Gasteiger partial charge < -0.3 is 19.5 Å². The van der Waals surface area contributed by atoms with Gasteiger partial charge in [-0.1, -0.05) is 0 Å². The van der Waals surface area contributed by atoms with Gasteiger partial charge in [0.2, 0.25) is 5.89 Å². The van der Waals surface area contributed by atoms with Crippen molar-refractivity contribution in [3.05, 3.63) is 59.3 Å². The van der Waals surface area contributed by atoms with Crippen LogP contribution in [0.25, 0.3) is 10.2 Å². The summed E-state index contributed by atoms with van der Waals surface area (Å²) >= 11 is 1.64. The number of aromatic nitrogens is 4. The van der Waals surface area contributed by atoms with Gasteiger partial charge >= 0.3 is 0 Å². The monoisotopic (exact) mass is 383 g/mol. The lowest BCUT2D eigenvalue weighted by Gasteiger charge is -2.09. The summed E-state index contributed by atoms with van der Waals surface area (Å²) in [6.45, 7) is 3.92. The lowest BCUT2D eigenvalue weighted by atomic mass is 10.3. The Labute approximate surface area is 158 Å². The van der Waals surface area contributed by atoms with Crippen molar-refractivity contribution in [2.75, 3.05) is 0 Å². The number of aryl methyl sites for hydroxylation is 1. The first kappa shape index (κ1) is 17.2. The van der Waals surface area contributed by atoms with E-state index in [0.717, 1.165) is 15.2 Å². The van der Waals surface area contributed by atoms with E-state index < -0.39 is 0 Å². The van der Waals surface area contributed by atoms with Gasteiger partial charge in [-0.3, -0.25) is 4.79 Å². The third-order valence-electron chi connectivity index (χ3n) is 3.89. The van der Waals surface area contributed by atoms with Gasteiger partial charge in [-0.15, -0.1) is 11.3 Å². The van der Waals surface area contributed by atoms with Crippen molar-refractivity contribution in [1.29, 1.82) is 0 Å². The van der Waals surface area contributed by atoms with Gasteiger partial charge in [0.25, 0.3) is 5.91 Å². The molecule has 8 nitrogen and oxygen atoms in total. The van der Waals surface area contributed by atoms with Gasteiger partial charge in [-0.05, 0) is 26.0 Å². The summed E-state index contributed by atoms with van der Waals surface area (Å²) in [5.74, 6) is 1.32. The molecule has 0 radical (unpaired) electrons. The first-order valence-corrected chi connectivity index (χ1v) is 9.14. The Morgan fingerprint density at radius 3 is 3.11 bits per heavy atom. The second kappa shape index (κ2) is 7.20. The number of carbonyl (C=O) groups excluding carboxylic acids is 1. The van der Waals surface area contributed by atoms with Crippen LogP contribution in [0.4, 0.5) is 0 Å². The quantitative estimate of drug-likeness (QED) is 0.529. The number of aromatic amines is 1. The first-order valence-electron chi connectivity index (χ1n) is 8.33. The zero-order valence-electron chi connectivity index (χ0n) is 14.7. The van der Waals surface area contributed by atoms with Gasteiger partial charge in [0, 0.05) is 18.5 Å². The number of imidazole rings is 1. The molecule has 1 atom stereocenters. The molecular weight excluding hydrogens is 366 g/mol. The molecule has 1 aromatic carbocycles. The summed E-state index contributed by atoms with van der Waals surface area (Å²) < 4.78 is 12.2. The minimum absolute atomic E-state index is 0.121. The molecule has 4 aromatic rings. The van der Waals surface area contributed by atoms with E-state index in [2.05, 4.69) is 25.3 Å². The number of amides is 1. The molecule has 1 amide bonds. The molecule has 0 saturated carbocycles. The van der Waals surface area contributed by atoms with Crippen LogP contribution in [-0.2, 0) is 6.61 Å². The number of H-pyrrole nitrogens is 1. The average Bonchev–Trinajstić information content (AvgIpc) is 3.39. The predicted molar refractivity (Wildman–Crippen MR) is 99.7 cm³/mol. The Morgan fingerprint density at radius 1 is 1.41 bits per heavy atom. The van der Waals surface area contributed by atoms with Crippen molar-refractivity contribution in [2.45, 2.75) is 26.5 Å². The minimum Gasteiger partial charge on any atom is -0.484 e. The molecule has 0 aliphatic carbocycles. The molecule has 0 unspecified atom stereocenters. The van der Waals surface area contributed by atoms with E-state index in [9.17, 15) is 4.79 Å². The topological polar surface area (TPSA) is 106 Å². The maximum absolute atomic E-state index is 12.3. The number of carbonyl (C=O) groups is 1. The van der Waals surface area contributed by atoms with Crippen molar-refractivity contribution in [3.63, 3.8) is 0 Å². The molecule has 2 N–H and O–H groups in total. The molecule has 0 spiro atoms. The third kappa shape index (κ3) is 3.82. The zero-order valence-corrected chi connectivity index (χ0v) is 15.5. The lowest BCUT2D eigenvalue weighted by Crippen LogP contribution is -2.27. The Hall–Kier alpha value is -3.20. The summed E-state index contributed by atoms with van der Waals surface area (Å²) in [5, 5.41) is 3.81. The van der Waals surface area contributed by atoms with Crippen LogP contribution in [-0.4, -0.2) is 25.8 Å². The number of hydrogen-bond acceptors (Lipinski definition) is 7. The highest BCUT2D eigenvalue weighted by molar-refractivity contribution is 7.18. The number of oxazole rings is 1. The molecule has 0 aliphatic rings. The molecule has 138 valence electrons. The summed E-state index contributed by atoms with van der Waals surface area (Å²) in [6, 6.07) is 5.46. The van der Waals surface area contributed by atoms with Crippen LogP contribution < -0.4 is 10.1 Å². The molecule has 0 aliphatic heterocycles. The fraction of sp³-hybridized carbons (Fsp3) is 0.222. The SMILES string of the molecule is Cc1nc2cc(OCc3nc(C(=O)N[C@H](C)c4ncc[nH]4)co3)ccc2s1. The van der Waals surface area contributed by atoms with Crippen LogP contribution in [0.2, 0.25) is 0 Å².